The SMILES string of the molecule is CC/C=C/C=C/C=C\CCCCCCCC(=O)OC1C(OCC(NC(=O)C(O)CCCCCCCCCCCC/C=C\C/C=C\C/C=C\C/C=C\CCCCC)C(O)/C=C/CCCCCCCCCCC)OC(CO)C(O)C1O. The van der Waals surface area contributed by atoms with Gasteiger partial charge in [0.1, 0.15) is 24.4 Å². The van der Waals surface area contributed by atoms with E-state index in [1.54, 1.807) is 6.08 Å². The number of allylic oxidation sites excluding steroid dienone is 15. The summed E-state index contributed by atoms with van der Waals surface area (Å²) in [6.07, 6.45) is 63.1. The molecule has 1 saturated heterocycles. The number of esters is 1. The van der Waals surface area contributed by atoms with Crippen molar-refractivity contribution in [2.45, 2.75) is 307 Å². The maximum absolute atomic E-state index is 13.4. The highest BCUT2D eigenvalue weighted by Gasteiger charge is 2.47. The second-order valence-corrected chi connectivity index (χ2v) is 21.8. The molecule has 1 fully saturated rings. The Kier molecular flexibility index (Phi) is 51.4. The maximum Gasteiger partial charge on any atom is 0.306 e. The van der Waals surface area contributed by atoms with Crippen LogP contribution in [0.5, 0.6) is 0 Å². The van der Waals surface area contributed by atoms with Crippen LogP contribution in [0.1, 0.15) is 258 Å². The summed E-state index contributed by atoms with van der Waals surface area (Å²) in [7, 11) is 0. The molecule has 0 aromatic carbocycles. The quantitative estimate of drug-likeness (QED) is 0.0149. The third kappa shape index (κ3) is 43.0. The zero-order valence-electron chi connectivity index (χ0n) is 50.2. The molecule has 1 amide bonds. The molecular weight excluding hydrogens is 991 g/mol. The molecule has 1 aliphatic rings. The summed E-state index contributed by atoms with van der Waals surface area (Å²) in [5.41, 5.74) is 0. The second-order valence-electron chi connectivity index (χ2n) is 21.8. The van der Waals surface area contributed by atoms with E-state index >= 15 is 0 Å². The summed E-state index contributed by atoms with van der Waals surface area (Å²) < 4.78 is 17.6. The predicted molar refractivity (Wildman–Crippen MR) is 329 cm³/mol. The van der Waals surface area contributed by atoms with Crippen molar-refractivity contribution in [2.75, 3.05) is 13.2 Å². The third-order valence-corrected chi connectivity index (χ3v) is 14.5. The van der Waals surface area contributed by atoms with Gasteiger partial charge in [-0.15, -0.1) is 0 Å². The summed E-state index contributed by atoms with van der Waals surface area (Å²) in [5.74, 6) is -1.22. The number of nitrogens with one attached hydrogen (secondary N) is 1. The van der Waals surface area contributed by atoms with Gasteiger partial charge in [0.25, 0.3) is 0 Å². The van der Waals surface area contributed by atoms with Gasteiger partial charge in [-0.25, -0.2) is 0 Å². The number of hydrogen-bond donors (Lipinski definition) is 6. The van der Waals surface area contributed by atoms with E-state index in [9.17, 15) is 35.1 Å². The van der Waals surface area contributed by atoms with E-state index < -0.39 is 67.4 Å². The van der Waals surface area contributed by atoms with Gasteiger partial charge < -0.3 is 45.1 Å². The predicted octanol–water partition coefficient (Wildman–Crippen LogP) is 15.5. The van der Waals surface area contributed by atoms with Gasteiger partial charge in [0.2, 0.25) is 5.91 Å². The van der Waals surface area contributed by atoms with Gasteiger partial charge in [0.05, 0.1) is 25.4 Å². The highest BCUT2D eigenvalue weighted by atomic mass is 16.7. The van der Waals surface area contributed by atoms with E-state index in [4.69, 9.17) is 14.2 Å². The highest BCUT2D eigenvalue weighted by molar-refractivity contribution is 5.80. The molecule has 79 heavy (non-hydrogen) atoms. The highest BCUT2D eigenvalue weighted by Crippen LogP contribution is 2.26. The van der Waals surface area contributed by atoms with Crippen LogP contribution in [0.2, 0.25) is 0 Å². The number of ether oxygens (including phenoxy) is 3. The molecule has 1 rings (SSSR count). The van der Waals surface area contributed by atoms with Crippen LogP contribution in [-0.2, 0) is 23.8 Å². The Labute approximate surface area is 482 Å². The Hall–Kier alpha value is -3.42. The van der Waals surface area contributed by atoms with Crippen molar-refractivity contribution in [1.82, 2.24) is 5.32 Å². The monoisotopic (exact) mass is 1110 g/mol. The Bertz CT molecular complexity index is 1650. The fourth-order valence-corrected chi connectivity index (χ4v) is 9.46. The van der Waals surface area contributed by atoms with Gasteiger partial charge >= 0.3 is 5.97 Å². The van der Waals surface area contributed by atoms with Crippen LogP contribution in [0.15, 0.2) is 97.2 Å². The first kappa shape index (κ1) is 73.6. The molecule has 0 aromatic rings. The van der Waals surface area contributed by atoms with E-state index in [1.807, 2.05) is 24.3 Å². The van der Waals surface area contributed by atoms with Gasteiger partial charge in [-0.3, -0.25) is 9.59 Å². The molecule has 8 unspecified atom stereocenters. The van der Waals surface area contributed by atoms with E-state index in [2.05, 4.69) is 92.9 Å². The van der Waals surface area contributed by atoms with Crippen LogP contribution in [-0.4, -0.2) is 99.6 Å². The van der Waals surface area contributed by atoms with Crippen molar-refractivity contribution in [3.05, 3.63) is 97.2 Å². The average Bonchev–Trinajstić information content (AvgIpc) is 3.47. The van der Waals surface area contributed by atoms with Crippen molar-refractivity contribution >= 4 is 11.9 Å². The molecule has 0 saturated carbocycles. The van der Waals surface area contributed by atoms with Crippen LogP contribution >= 0.6 is 0 Å². The maximum atomic E-state index is 13.4. The normalized spacial score (nSPS) is 19.5. The molecular formula is C68H117NO10. The van der Waals surface area contributed by atoms with Crippen LogP contribution in [0.3, 0.4) is 0 Å². The van der Waals surface area contributed by atoms with E-state index in [0.717, 1.165) is 103 Å². The lowest BCUT2D eigenvalue weighted by atomic mass is 9.99. The summed E-state index contributed by atoms with van der Waals surface area (Å²) in [6, 6.07) is -1.03. The van der Waals surface area contributed by atoms with E-state index in [1.165, 1.54) is 109 Å². The van der Waals surface area contributed by atoms with Crippen molar-refractivity contribution in [1.29, 1.82) is 0 Å². The fraction of sp³-hybridized carbons (Fsp3) is 0.735. The first-order valence-corrected chi connectivity index (χ1v) is 32.0. The number of carbonyl (C=O) groups excluding carboxylic acids is 2. The molecule has 0 bridgehead atoms. The van der Waals surface area contributed by atoms with Crippen molar-refractivity contribution in [2.24, 2.45) is 0 Å². The van der Waals surface area contributed by atoms with Crippen molar-refractivity contribution in [3.63, 3.8) is 0 Å². The number of aliphatic hydroxyl groups excluding tert-OH is 5. The Morgan fingerprint density at radius 2 is 0.962 bits per heavy atom. The van der Waals surface area contributed by atoms with Gasteiger partial charge in [0.15, 0.2) is 12.4 Å². The molecule has 0 radical (unpaired) electrons. The number of amides is 1. The summed E-state index contributed by atoms with van der Waals surface area (Å²) in [5, 5.41) is 56.9. The van der Waals surface area contributed by atoms with Crippen LogP contribution in [0.4, 0.5) is 0 Å². The first-order chi connectivity index (χ1) is 38.7. The summed E-state index contributed by atoms with van der Waals surface area (Å²) in [4.78, 5) is 26.5. The molecule has 8 atom stereocenters. The van der Waals surface area contributed by atoms with Crippen LogP contribution in [0, 0.1) is 0 Å². The molecule has 0 spiro atoms. The Morgan fingerprint density at radius 1 is 0.519 bits per heavy atom. The minimum Gasteiger partial charge on any atom is -0.454 e. The third-order valence-electron chi connectivity index (χ3n) is 14.5. The minimum absolute atomic E-state index is 0.0964. The van der Waals surface area contributed by atoms with Gasteiger partial charge in [0, 0.05) is 6.42 Å². The smallest absolute Gasteiger partial charge is 0.306 e. The van der Waals surface area contributed by atoms with Gasteiger partial charge in [-0.05, 0) is 89.9 Å². The largest absolute Gasteiger partial charge is 0.454 e. The molecule has 454 valence electrons. The summed E-state index contributed by atoms with van der Waals surface area (Å²) in [6.45, 7) is 5.60. The number of rotatable bonds is 53. The lowest BCUT2D eigenvalue weighted by Gasteiger charge is -2.41. The molecule has 0 aliphatic carbocycles. The zero-order valence-corrected chi connectivity index (χ0v) is 50.2. The van der Waals surface area contributed by atoms with Gasteiger partial charge in [-0.2, -0.15) is 0 Å². The van der Waals surface area contributed by atoms with Crippen molar-refractivity contribution in [3.8, 4) is 0 Å². The lowest BCUT2D eigenvalue weighted by molar-refractivity contribution is -0.305. The minimum atomic E-state index is -1.63. The first-order valence-electron chi connectivity index (χ1n) is 32.0. The van der Waals surface area contributed by atoms with E-state index in [0.29, 0.717) is 12.8 Å². The molecule has 6 N–H and O–H groups in total. The second kappa shape index (κ2) is 55.1. The molecule has 11 nitrogen and oxygen atoms in total. The molecule has 1 heterocycles. The zero-order chi connectivity index (χ0) is 57.5. The fourth-order valence-electron chi connectivity index (χ4n) is 9.46. The van der Waals surface area contributed by atoms with Crippen LogP contribution < -0.4 is 5.32 Å². The molecule has 0 aromatic heterocycles. The Balaban J connectivity index is 2.60. The van der Waals surface area contributed by atoms with Crippen molar-refractivity contribution < 1.29 is 49.3 Å². The van der Waals surface area contributed by atoms with Gasteiger partial charge in [-0.1, -0.05) is 259 Å². The number of aliphatic hydroxyl groups is 5. The average molecular weight is 1110 g/mol. The Morgan fingerprint density at radius 3 is 1.49 bits per heavy atom. The molecule has 1 aliphatic heterocycles. The molecule has 11 heteroatoms. The standard InChI is InChI=1S/C68H117NO10/c1-4-7-10-13-16-19-22-24-25-26-27-28-29-30-31-32-33-34-35-36-38-40-43-46-49-52-55-61(72)67(76)69-59(60(71)54-51-48-45-42-39-21-18-15-12-9-6-3)58-77-68-66(65(75)64(74)62(57-70)78-68)79-63(73)56-53-50-47-44-41-37-23-20-17-14-11-8-5-2/h8,11,14,16-17,19-20,23-25,27-28,30-31,51,54,59-62,64-66,68,70-72,74-75H,4-7,9-10,12-13,15,18,21-22,26,29,32-50,52-53,55-58H2,1-3H3,(H,69,76)/b11-8+,17-14+,19-16-,23-20-,25-24-,28-27-,31-30-,54-51+. The topological polar surface area (TPSA) is 175 Å². The number of unbranched alkanes of at least 4 members (excludes halogenated alkanes) is 27. The lowest BCUT2D eigenvalue weighted by Crippen LogP contribution is -2.61. The number of hydrogen-bond acceptors (Lipinski definition) is 10. The summed E-state index contributed by atoms with van der Waals surface area (Å²) >= 11 is 0. The van der Waals surface area contributed by atoms with Crippen LogP contribution in [0.25, 0.3) is 0 Å². The van der Waals surface area contributed by atoms with E-state index in [-0.39, 0.29) is 19.4 Å². The number of carbonyl (C=O) groups is 2.